The summed E-state index contributed by atoms with van der Waals surface area (Å²) in [6, 6.07) is 0. The van der Waals surface area contributed by atoms with Gasteiger partial charge in [0, 0.05) is 0 Å². The van der Waals surface area contributed by atoms with Crippen LogP contribution < -0.4 is 0 Å². The number of aliphatic hydroxyl groups is 4. The van der Waals surface area contributed by atoms with E-state index in [0.717, 1.165) is 0 Å². The Kier molecular flexibility index (Phi) is 6.94. The van der Waals surface area contributed by atoms with E-state index in [1.54, 1.807) is 0 Å². The highest BCUT2D eigenvalue weighted by Gasteiger charge is 2.35. The van der Waals surface area contributed by atoms with Gasteiger partial charge >= 0.3 is 6.16 Å². The molecule has 80 valence electrons. The van der Waals surface area contributed by atoms with Gasteiger partial charge in [-0.25, -0.2) is 0 Å². The van der Waals surface area contributed by atoms with Gasteiger partial charge in [0.05, 0.1) is 0 Å². The van der Waals surface area contributed by atoms with Crippen LogP contribution in [0.4, 0.5) is 0 Å². The van der Waals surface area contributed by atoms with E-state index in [0.29, 0.717) is 0 Å². The molecule has 0 aliphatic carbocycles. The van der Waals surface area contributed by atoms with Crippen LogP contribution in [-0.2, 0) is 18.9 Å². The topological polar surface area (TPSA) is 118 Å². The number of rotatable bonds is 8. The predicted octanol–water partition coefficient (Wildman–Crippen LogP) is -2.54. The van der Waals surface area contributed by atoms with Gasteiger partial charge in [0.1, 0.15) is 0 Å². The molecule has 0 heterocycles. The fourth-order valence-electron chi connectivity index (χ4n) is 0.566. The molecule has 0 rings (SSSR count). The maximum absolute atomic E-state index is 8.37. The molecule has 8 heteroatoms. The predicted molar refractivity (Wildman–Crippen MR) is 35.4 cm³/mol. The van der Waals surface area contributed by atoms with Crippen LogP contribution in [0.5, 0.6) is 0 Å². The van der Waals surface area contributed by atoms with Crippen molar-refractivity contribution in [2.45, 2.75) is 6.16 Å². The smallest absolute Gasteiger partial charge is 0.370 e. The maximum atomic E-state index is 8.37. The van der Waals surface area contributed by atoms with Crippen molar-refractivity contribution in [1.29, 1.82) is 0 Å². The van der Waals surface area contributed by atoms with Crippen LogP contribution >= 0.6 is 0 Å². The summed E-state index contributed by atoms with van der Waals surface area (Å²) in [5.74, 6) is 0. The minimum Gasteiger partial charge on any atom is -0.370 e. The Bertz CT molecular complexity index is 87.6. The molecule has 0 atom stereocenters. The Labute approximate surface area is 73.8 Å². The maximum Gasteiger partial charge on any atom is 0.420 e. The summed E-state index contributed by atoms with van der Waals surface area (Å²) in [6.07, 6.45) is -2.30. The third-order valence-corrected chi connectivity index (χ3v) is 0.965. The molecule has 0 radical (unpaired) electrons. The van der Waals surface area contributed by atoms with Crippen molar-refractivity contribution in [3.05, 3.63) is 0 Å². The van der Waals surface area contributed by atoms with Crippen LogP contribution in [0.2, 0.25) is 0 Å². The molecule has 0 bridgehead atoms. The van der Waals surface area contributed by atoms with Crippen molar-refractivity contribution in [1.82, 2.24) is 0 Å². The molecule has 0 aliphatic rings. The first-order valence-electron chi connectivity index (χ1n) is 3.24. The van der Waals surface area contributed by atoms with E-state index in [1.165, 1.54) is 0 Å². The van der Waals surface area contributed by atoms with E-state index in [4.69, 9.17) is 20.4 Å². The highest BCUT2D eigenvalue weighted by Crippen LogP contribution is 2.15. The minimum atomic E-state index is -2.30. The van der Waals surface area contributed by atoms with E-state index in [2.05, 4.69) is 18.9 Å². The molecule has 0 saturated carbocycles. The second-order valence-electron chi connectivity index (χ2n) is 1.59. The van der Waals surface area contributed by atoms with Gasteiger partial charge in [-0.1, -0.05) is 0 Å². The lowest BCUT2D eigenvalue weighted by molar-refractivity contribution is -0.531. The lowest BCUT2D eigenvalue weighted by atomic mass is 11.0. The first kappa shape index (κ1) is 12.7. The van der Waals surface area contributed by atoms with E-state index < -0.39 is 33.3 Å². The van der Waals surface area contributed by atoms with Crippen molar-refractivity contribution >= 4 is 0 Å². The van der Waals surface area contributed by atoms with Crippen LogP contribution in [-0.4, -0.2) is 53.8 Å². The van der Waals surface area contributed by atoms with Gasteiger partial charge in [-0.15, -0.1) is 0 Å². The summed E-state index contributed by atoms with van der Waals surface area (Å²) in [5, 5.41) is 33.5. The average molecular weight is 200 g/mol. The summed E-state index contributed by atoms with van der Waals surface area (Å²) in [6.45, 7) is -3.39. The van der Waals surface area contributed by atoms with Gasteiger partial charge in [0.2, 0.25) is 0 Å². The number of hydrogen-bond acceptors (Lipinski definition) is 8. The van der Waals surface area contributed by atoms with Crippen LogP contribution in [0, 0.1) is 0 Å². The monoisotopic (exact) mass is 200 g/mol. The summed E-state index contributed by atoms with van der Waals surface area (Å²) in [7, 11) is 0. The van der Waals surface area contributed by atoms with Crippen molar-refractivity contribution in [3.63, 3.8) is 0 Å². The Morgan fingerprint density at radius 3 is 1.00 bits per heavy atom. The van der Waals surface area contributed by atoms with E-state index in [-0.39, 0.29) is 0 Å². The Morgan fingerprint density at radius 2 is 0.846 bits per heavy atom. The van der Waals surface area contributed by atoms with Crippen LogP contribution in [0.3, 0.4) is 0 Å². The van der Waals surface area contributed by atoms with Gasteiger partial charge in [-0.2, -0.15) is 0 Å². The third kappa shape index (κ3) is 4.45. The van der Waals surface area contributed by atoms with Gasteiger partial charge in [0.25, 0.3) is 0 Å². The quantitative estimate of drug-likeness (QED) is 0.317. The highest BCUT2D eigenvalue weighted by molar-refractivity contribution is 4.35. The van der Waals surface area contributed by atoms with E-state index >= 15 is 0 Å². The third-order valence-electron chi connectivity index (χ3n) is 0.965. The molecular weight excluding hydrogens is 188 g/mol. The Hall–Kier alpha value is -0.320. The van der Waals surface area contributed by atoms with Gasteiger partial charge in [-0.3, -0.25) is 18.9 Å². The van der Waals surface area contributed by atoms with Crippen LogP contribution in [0.25, 0.3) is 0 Å². The van der Waals surface area contributed by atoms with Crippen molar-refractivity contribution < 1.29 is 39.4 Å². The minimum absolute atomic E-state index is 0.847. The normalized spacial score (nSPS) is 12.0. The number of hydrogen-bond donors (Lipinski definition) is 4. The van der Waals surface area contributed by atoms with Gasteiger partial charge in [0.15, 0.2) is 27.2 Å². The fourth-order valence-corrected chi connectivity index (χ4v) is 0.566. The largest absolute Gasteiger partial charge is 0.420 e. The van der Waals surface area contributed by atoms with Crippen molar-refractivity contribution in [3.8, 4) is 0 Å². The zero-order valence-electron chi connectivity index (χ0n) is 6.75. The first-order chi connectivity index (χ1) is 6.24. The molecule has 0 saturated heterocycles. The van der Waals surface area contributed by atoms with Gasteiger partial charge in [-0.05, 0) is 0 Å². The molecule has 0 spiro atoms. The molecule has 0 aliphatic heterocycles. The van der Waals surface area contributed by atoms with Crippen molar-refractivity contribution in [2.75, 3.05) is 27.2 Å². The van der Waals surface area contributed by atoms with E-state index in [9.17, 15) is 0 Å². The molecular formula is C5H12O8. The Morgan fingerprint density at radius 1 is 0.615 bits per heavy atom. The number of ether oxygens (including phenoxy) is 4. The molecule has 0 aromatic carbocycles. The molecule has 13 heavy (non-hydrogen) atoms. The summed E-state index contributed by atoms with van der Waals surface area (Å²) < 4.78 is 17.4. The fraction of sp³-hybridized carbons (Fsp3) is 1.00. The second-order valence-corrected chi connectivity index (χ2v) is 1.59. The molecule has 8 nitrogen and oxygen atoms in total. The van der Waals surface area contributed by atoms with Crippen molar-refractivity contribution in [2.24, 2.45) is 0 Å². The zero-order valence-corrected chi connectivity index (χ0v) is 6.75. The summed E-state index contributed by atoms with van der Waals surface area (Å²) >= 11 is 0. The molecule has 0 amide bonds. The van der Waals surface area contributed by atoms with E-state index in [1.807, 2.05) is 0 Å². The molecule has 0 fully saturated rings. The second kappa shape index (κ2) is 7.12. The average Bonchev–Trinajstić information content (AvgIpc) is 2.06. The first-order valence-corrected chi connectivity index (χ1v) is 3.24. The molecule has 4 N–H and O–H groups in total. The highest BCUT2D eigenvalue weighted by atomic mass is 17.0. The molecule has 0 aromatic heterocycles. The Balaban J connectivity index is 4.19. The molecule has 0 unspecified atom stereocenters. The van der Waals surface area contributed by atoms with Crippen LogP contribution in [0.1, 0.15) is 0 Å². The zero-order chi connectivity index (χ0) is 10.2. The molecule has 0 aromatic rings. The SMILES string of the molecule is OCOC(OCO)(OCO)OCO. The summed E-state index contributed by atoms with van der Waals surface area (Å²) in [4.78, 5) is 0. The summed E-state index contributed by atoms with van der Waals surface area (Å²) in [5.41, 5.74) is 0. The lowest BCUT2D eigenvalue weighted by Gasteiger charge is -2.28. The lowest BCUT2D eigenvalue weighted by Crippen LogP contribution is -2.43. The number of aliphatic hydroxyl groups excluding tert-OH is 4. The van der Waals surface area contributed by atoms with Gasteiger partial charge < -0.3 is 20.4 Å². The van der Waals surface area contributed by atoms with Crippen LogP contribution in [0.15, 0.2) is 0 Å². The standard InChI is InChI=1S/C5H12O8/c6-1-10-5(11-2-7,12-3-8)13-4-9/h6-9H,1-4H2.